The average Bonchev–Trinajstić information content (AvgIpc) is 3.27. The molecular weight excluding hydrogens is 374 g/mol. The molecule has 0 saturated carbocycles. The van der Waals surface area contributed by atoms with Gasteiger partial charge in [0.05, 0.1) is 17.0 Å². The summed E-state index contributed by atoms with van der Waals surface area (Å²) < 4.78 is 0.623. The van der Waals surface area contributed by atoms with E-state index in [1.54, 1.807) is 4.90 Å². The predicted molar refractivity (Wildman–Crippen MR) is 114 cm³/mol. The molecule has 3 atom stereocenters. The van der Waals surface area contributed by atoms with Crippen LogP contribution < -0.4 is 10.9 Å². The van der Waals surface area contributed by atoms with E-state index >= 15 is 0 Å². The Balaban J connectivity index is 1.56. The number of rotatable bonds is 4. The van der Waals surface area contributed by atoms with Gasteiger partial charge in [-0.15, -0.1) is 0 Å². The van der Waals surface area contributed by atoms with Gasteiger partial charge in [-0.1, -0.05) is 90.7 Å². The van der Waals surface area contributed by atoms with Crippen LogP contribution in [0.3, 0.4) is 0 Å². The van der Waals surface area contributed by atoms with Crippen molar-refractivity contribution in [3.8, 4) is 0 Å². The number of nitrogens with one attached hydrogen (secondary N) is 2. The van der Waals surface area contributed by atoms with Gasteiger partial charge in [-0.25, -0.2) is 5.43 Å². The maximum absolute atomic E-state index is 13.1. The zero-order chi connectivity index (χ0) is 18.8. The Hall–Kier alpha value is -1.99. The first-order valence-corrected chi connectivity index (χ1v) is 10.2. The largest absolute Gasteiger partial charge is 0.286 e. The van der Waals surface area contributed by atoms with E-state index in [0.717, 1.165) is 17.0 Å². The van der Waals surface area contributed by atoms with Gasteiger partial charge in [-0.2, -0.15) is 0 Å². The van der Waals surface area contributed by atoms with Crippen molar-refractivity contribution in [2.75, 3.05) is 6.54 Å². The highest BCUT2D eigenvalue weighted by molar-refractivity contribution is 8.26. The van der Waals surface area contributed by atoms with Crippen LogP contribution in [0.2, 0.25) is 0 Å². The highest BCUT2D eigenvalue weighted by Crippen LogP contribution is 2.39. The van der Waals surface area contributed by atoms with Gasteiger partial charge in [0.2, 0.25) is 0 Å². The number of nitrogens with zero attached hydrogens (tertiary/aromatic N) is 1. The van der Waals surface area contributed by atoms with Crippen molar-refractivity contribution in [2.24, 2.45) is 5.92 Å². The number of carbonyl (C=O) groups excluding carboxylic acids is 1. The number of benzene rings is 2. The first-order chi connectivity index (χ1) is 13.1. The minimum atomic E-state index is -0.0747. The van der Waals surface area contributed by atoms with Crippen LogP contribution in [0, 0.1) is 5.92 Å². The smallest absolute Gasteiger partial charge is 0.266 e. The first kappa shape index (κ1) is 18.4. The number of hydrazine groups is 1. The summed E-state index contributed by atoms with van der Waals surface area (Å²) in [4.78, 5) is 15.5. The van der Waals surface area contributed by atoms with Gasteiger partial charge in [0.25, 0.3) is 5.91 Å². The van der Waals surface area contributed by atoms with Gasteiger partial charge < -0.3 is 0 Å². The van der Waals surface area contributed by atoms with Crippen LogP contribution in [0.25, 0.3) is 0 Å². The van der Waals surface area contributed by atoms with E-state index in [0.29, 0.717) is 4.32 Å². The molecule has 4 rings (SSSR count). The Morgan fingerprint density at radius 1 is 1.15 bits per heavy atom. The summed E-state index contributed by atoms with van der Waals surface area (Å²) in [6.45, 7) is 2.80. The maximum atomic E-state index is 13.1. The average molecular weight is 396 g/mol. The van der Waals surface area contributed by atoms with Gasteiger partial charge in [-0.05, 0) is 18.1 Å². The lowest BCUT2D eigenvalue weighted by molar-refractivity contribution is -0.123. The predicted octanol–water partition coefficient (Wildman–Crippen LogP) is 3.96. The molecule has 2 fully saturated rings. The van der Waals surface area contributed by atoms with Crippen LogP contribution in [0.5, 0.6) is 0 Å². The van der Waals surface area contributed by atoms with Crippen molar-refractivity contribution in [1.82, 2.24) is 15.8 Å². The fourth-order valence-corrected chi connectivity index (χ4v) is 5.03. The summed E-state index contributed by atoms with van der Waals surface area (Å²) >= 11 is 6.93. The van der Waals surface area contributed by atoms with Crippen LogP contribution >= 0.6 is 24.0 Å². The molecule has 2 N–H and O–H groups in total. The van der Waals surface area contributed by atoms with E-state index in [9.17, 15) is 4.79 Å². The molecule has 0 bridgehead atoms. The van der Waals surface area contributed by atoms with Crippen molar-refractivity contribution in [3.63, 3.8) is 0 Å². The van der Waals surface area contributed by atoms with Crippen molar-refractivity contribution in [3.05, 3.63) is 82.8 Å². The topological polar surface area (TPSA) is 44.4 Å². The Morgan fingerprint density at radius 2 is 1.81 bits per heavy atom. The fraction of sp³-hybridized carbons (Fsp3) is 0.238. The van der Waals surface area contributed by atoms with E-state index in [-0.39, 0.29) is 23.9 Å². The molecule has 0 radical (unpaired) electrons. The summed E-state index contributed by atoms with van der Waals surface area (Å²) in [5.74, 6) is 0.189. The lowest BCUT2D eigenvalue weighted by Gasteiger charge is -2.23. The molecule has 2 aliphatic rings. The van der Waals surface area contributed by atoms with E-state index in [4.69, 9.17) is 12.2 Å². The van der Waals surface area contributed by atoms with Crippen LogP contribution in [-0.4, -0.2) is 21.7 Å². The van der Waals surface area contributed by atoms with E-state index in [1.165, 1.54) is 17.3 Å². The normalized spacial score (nSPS) is 25.4. The Bertz CT molecular complexity index is 870. The second kappa shape index (κ2) is 7.94. The van der Waals surface area contributed by atoms with Crippen LogP contribution in [0.1, 0.15) is 30.1 Å². The molecular formula is C21H21N3OS2. The fourth-order valence-electron chi connectivity index (χ4n) is 3.56. The van der Waals surface area contributed by atoms with Crippen LogP contribution in [0.4, 0.5) is 0 Å². The van der Waals surface area contributed by atoms with Gasteiger partial charge in [0.15, 0.2) is 0 Å². The van der Waals surface area contributed by atoms with Crippen molar-refractivity contribution < 1.29 is 4.79 Å². The molecule has 0 aromatic heterocycles. The molecule has 4 nitrogen and oxygen atoms in total. The summed E-state index contributed by atoms with van der Waals surface area (Å²) in [6, 6.07) is 20.4. The maximum Gasteiger partial charge on any atom is 0.266 e. The van der Waals surface area contributed by atoms with Crippen molar-refractivity contribution in [1.29, 1.82) is 0 Å². The third-order valence-electron chi connectivity index (χ3n) is 5.04. The molecule has 138 valence electrons. The molecule has 2 saturated heterocycles. The second-order valence-corrected chi connectivity index (χ2v) is 8.41. The van der Waals surface area contributed by atoms with E-state index < -0.39 is 0 Å². The molecule has 27 heavy (non-hydrogen) atoms. The molecule has 3 unspecified atom stereocenters. The van der Waals surface area contributed by atoms with Crippen molar-refractivity contribution in [2.45, 2.75) is 19.0 Å². The molecule has 2 aromatic rings. The van der Waals surface area contributed by atoms with Gasteiger partial charge in [0, 0.05) is 12.5 Å². The number of thiocarbonyl (C=S) groups is 1. The third-order valence-corrected chi connectivity index (χ3v) is 6.39. The third kappa shape index (κ3) is 3.71. The minimum Gasteiger partial charge on any atom is -0.286 e. The Morgan fingerprint density at radius 3 is 2.52 bits per heavy atom. The number of hydrogen-bond donors (Lipinski definition) is 2. The number of hydrogen-bond acceptors (Lipinski definition) is 5. The number of thioether (sulfide) groups is 1. The van der Waals surface area contributed by atoms with E-state index in [1.807, 2.05) is 55.5 Å². The molecule has 6 heteroatoms. The highest BCUT2D eigenvalue weighted by atomic mass is 32.2. The molecule has 1 amide bonds. The zero-order valence-electron chi connectivity index (χ0n) is 15.0. The molecule has 0 spiro atoms. The molecule has 0 aliphatic carbocycles. The number of carbonyl (C=O) groups is 1. The Labute approximate surface area is 169 Å². The van der Waals surface area contributed by atoms with Crippen LogP contribution in [0.15, 0.2) is 71.6 Å². The van der Waals surface area contributed by atoms with Gasteiger partial charge >= 0.3 is 0 Å². The highest BCUT2D eigenvalue weighted by Gasteiger charge is 2.37. The quantitative estimate of drug-likeness (QED) is 0.606. The summed E-state index contributed by atoms with van der Waals surface area (Å²) in [5.41, 5.74) is 8.83. The summed E-state index contributed by atoms with van der Waals surface area (Å²) in [5, 5.41) is 0. The van der Waals surface area contributed by atoms with E-state index in [2.05, 4.69) is 29.1 Å². The summed E-state index contributed by atoms with van der Waals surface area (Å²) in [7, 11) is 0. The molecule has 2 aliphatic heterocycles. The van der Waals surface area contributed by atoms with Crippen molar-refractivity contribution >= 4 is 34.2 Å². The lowest BCUT2D eigenvalue weighted by atomic mass is 9.94. The van der Waals surface area contributed by atoms with Gasteiger partial charge in [-0.3, -0.25) is 15.1 Å². The standard InChI is InChI=1S/C21H21N3OS2/c1-14(15-8-4-2-5-9-15)24-20(25)18(27-21(24)26)12-17-13-22-23-19(17)16-10-6-3-7-11-16/h2-12,14,17,19,22-23H,13H2,1H3/b18-12+. The Kier molecular flexibility index (Phi) is 5.41. The molecule has 2 heterocycles. The SMILES string of the molecule is CC(c1ccccc1)N1C(=O)/C(=C\C2CNNC2c2ccccc2)SC1=S. The minimum absolute atomic E-state index is 0.0000599. The first-order valence-electron chi connectivity index (χ1n) is 9.00. The monoisotopic (exact) mass is 395 g/mol. The zero-order valence-corrected chi connectivity index (χ0v) is 16.6. The van der Waals surface area contributed by atoms with Crippen LogP contribution in [-0.2, 0) is 4.79 Å². The number of amides is 1. The lowest BCUT2D eigenvalue weighted by Crippen LogP contribution is -2.31. The van der Waals surface area contributed by atoms with Gasteiger partial charge in [0.1, 0.15) is 4.32 Å². The summed E-state index contributed by atoms with van der Waals surface area (Å²) in [6.07, 6.45) is 2.07. The second-order valence-electron chi connectivity index (χ2n) is 6.74. The molecule has 2 aromatic carbocycles.